The van der Waals surface area contributed by atoms with E-state index in [1.807, 2.05) is 73.7 Å². The van der Waals surface area contributed by atoms with E-state index in [1.165, 1.54) is 4.68 Å². The number of hydrogen-bond acceptors (Lipinski definition) is 3. The lowest BCUT2D eigenvalue weighted by Crippen LogP contribution is -2.32. The lowest BCUT2D eigenvalue weighted by atomic mass is 10.1. The summed E-state index contributed by atoms with van der Waals surface area (Å²) in [6, 6.07) is 23.5. The summed E-state index contributed by atoms with van der Waals surface area (Å²) < 4.78 is 4.04. The first kappa shape index (κ1) is 24.9. The molecule has 0 atom stereocenters. The Morgan fingerprint density at radius 3 is 2.17 bits per heavy atom. The Balaban J connectivity index is 1.69. The molecule has 182 valence electrons. The van der Waals surface area contributed by atoms with E-state index in [-0.39, 0.29) is 16.9 Å². The molecule has 1 heterocycles. The van der Waals surface area contributed by atoms with Crippen molar-refractivity contribution < 1.29 is 9.59 Å². The molecule has 36 heavy (non-hydrogen) atoms. The Kier molecular flexibility index (Phi) is 7.36. The SMILES string of the molecule is Cc1ccc(C(=O)N/C(=C\c2ccc(Br)cc2)C(=O)Nc2c(C)n(C)n(-c3ccccc3)c2=O)cc1. The number of rotatable bonds is 6. The third kappa shape index (κ3) is 5.39. The van der Waals surface area contributed by atoms with Gasteiger partial charge in [-0.15, -0.1) is 0 Å². The van der Waals surface area contributed by atoms with E-state index < -0.39 is 11.8 Å². The minimum Gasteiger partial charge on any atom is -0.317 e. The topological polar surface area (TPSA) is 85.1 Å². The molecule has 0 aliphatic carbocycles. The highest BCUT2D eigenvalue weighted by atomic mass is 79.9. The van der Waals surface area contributed by atoms with Crippen LogP contribution in [0.1, 0.15) is 27.2 Å². The molecule has 4 rings (SSSR count). The number of carbonyl (C=O) groups excluding carboxylic acids is 2. The van der Waals surface area contributed by atoms with Gasteiger partial charge < -0.3 is 10.6 Å². The maximum absolute atomic E-state index is 13.4. The smallest absolute Gasteiger partial charge is 0.295 e. The monoisotopic (exact) mass is 544 g/mol. The van der Waals surface area contributed by atoms with Crippen molar-refractivity contribution in [1.29, 1.82) is 0 Å². The third-order valence-corrected chi connectivity index (χ3v) is 6.31. The van der Waals surface area contributed by atoms with Crippen molar-refractivity contribution in [2.75, 3.05) is 5.32 Å². The van der Waals surface area contributed by atoms with Gasteiger partial charge in [-0.2, -0.15) is 0 Å². The summed E-state index contributed by atoms with van der Waals surface area (Å²) in [6.45, 7) is 3.68. The Morgan fingerprint density at radius 1 is 0.889 bits per heavy atom. The largest absolute Gasteiger partial charge is 0.317 e. The van der Waals surface area contributed by atoms with Crippen molar-refractivity contribution in [3.63, 3.8) is 0 Å². The standard InChI is InChI=1S/C28H25BrN4O3/c1-18-9-13-21(14-10-18)26(34)30-24(17-20-11-15-22(29)16-12-20)27(35)31-25-19(2)32(3)33(28(25)36)23-7-5-4-6-8-23/h4-17H,1-3H3,(H,30,34)(H,31,35)/b24-17-. The van der Waals surface area contributed by atoms with Crippen molar-refractivity contribution >= 4 is 39.5 Å². The number of benzene rings is 3. The van der Waals surface area contributed by atoms with E-state index in [1.54, 1.807) is 36.9 Å². The average Bonchev–Trinajstić information content (AvgIpc) is 3.08. The number of amides is 2. The molecule has 2 amide bonds. The molecule has 0 unspecified atom stereocenters. The first-order chi connectivity index (χ1) is 17.2. The number of nitrogens with one attached hydrogen (secondary N) is 2. The van der Waals surface area contributed by atoms with Crippen LogP contribution in [-0.4, -0.2) is 21.2 Å². The van der Waals surface area contributed by atoms with Crippen LogP contribution in [0.2, 0.25) is 0 Å². The van der Waals surface area contributed by atoms with Gasteiger partial charge in [-0.3, -0.25) is 19.1 Å². The van der Waals surface area contributed by atoms with Crippen molar-refractivity contribution in [1.82, 2.24) is 14.7 Å². The van der Waals surface area contributed by atoms with Gasteiger partial charge >= 0.3 is 0 Å². The minimum atomic E-state index is -0.607. The molecule has 8 heteroatoms. The number of halogens is 1. The molecule has 1 aromatic heterocycles. The van der Waals surface area contributed by atoms with Gasteiger partial charge in [-0.1, -0.05) is 64.0 Å². The number of hydrogen-bond donors (Lipinski definition) is 2. The fourth-order valence-corrected chi connectivity index (χ4v) is 3.94. The Hall–Kier alpha value is -4.17. The van der Waals surface area contributed by atoms with Crippen LogP contribution in [0.5, 0.6) is 0 Å². The van der Waals surface area contributed by atoms with Gasteiger partial charge in [-0.25, -0.2) is 4.68 Å². The highest BCUT2D eigenvalue weighted by Crippen LogP contribution is 2.17. The van der Waals surface area contributed by atoms with Crippen LogP contribution in [0.25, 0.3) is 11.8 Å². The van der Waals surface area contributed by atoms with E-state index in [0.717, 1.165) is 10.0 Å². The predicted molar refractivity (Wildman–Crippen MR) is 145 cm³/mol. The van der Waals surface area contributed by atoms with Crippen LogP contribution >= 0.6 is 15.9 Å². The van der Waals surface area contributed by atoms with Crippen molar-refractivity contribution in [3.8, 4) is 5.69 Å². The van der Waals surface area contributed by atoms with Crippen LogP contribution in [-0.2, 0) is 11.8 Å². The van der Waals surface area contributed by atoms with Crippen LogP contribution in [0, 0.1) is 13.8 Å². The normalized spacial score (nSPS) is 11.3. The molecule has 0 spiro atoms. The highest BCUT2D eigenvalue weighted by Gasteiger charge is 2.21. The molecule has 7 nitrogen and oxygen atoms in total. The molecular formula is C28H25BrN4O3. The van der Waals surface area contributed by atoms with Gasteiger partial charge in [0.05, 0.1) is 11.4 Å². The van der Waals surface area contributed by atoms with E-state index in [0.29, 0.717) is 22.5 Å². The molecule has 0 radical (unpaired) electrons. The maximum Gasteiger partial charge on any atom is 0.295 e. The predicted octanol–water partition coefficient (Wildman–Crippen LogP) is 4.96. The van der Waals surface area contributed by atoms with Gasteiger partial charge in [-0.05, 0) is 61.9 Å². The van der Waals surface area contributed by atoms with E-state index in [4.69, 9.17) is 0 Å². The molecular weight excluding hydrogens is 520 g/mol. The molecule has 0 saturated heterocycles. The van der Waals surface area contributed by atoms with Crippen LogP contribution in [0.3, 0.4) is 0 Å². The average molecular weight is 545 g/mol. The Morgan fingerprint density at radius 2 is 1.53 bits per heavy atom. The molecule has 2 N–H and O–H groups in total. The van der Waals surface area contributed by atoms with Gasteiger partial charge in [0.2, 0.25) is 0 Å². The van der Waals surface area contributed by atoms with Crippen LogP contribution in [0.4, 0.5) is 5.69 Å². The lowest BCUT2D eigenvalue weighted by Gasteiger charge is -2.11. The zero-order valence-electron chi connectivity index (χ0n) is 20.1. The fourth-order valence-electron chi connectivity index (χ4n) is 3.68. The van der Waals surface area contributed by atoms with E-state index >= 15 is 0 Å². The number of para-hydroxylation sites is 1. The summed E-state index contributed by atoms with van der Waals surface area (Å²) >= 11 is 3.40. The first-order valence-electron chi connectivity index (χ1n) is 11.3. The summed E-state index contributed by atoms with van der Waals surface area (Å²) in [5.74, 6) is -1.04. The Labute approximate surface area is 217 Å². The summed E-state index contributed by atoms with van der Waals surface area (Å²) in [5.41, 5.74) is 3.16. The summed E-state index contributed by atoms with van der Waals surface area (Å²) in [6.07, 6.45) is 1.57. The molecule has 0 bridgehead atoms. The third-order valence-electron chi connectivity index (χ3n) is 5.78. The van der Waals surface area contributed by atoms with Crippen molar-refractivity contribution in [3.05, 3.63) is 122 Å². The molecule has 0 fully saturated rings. The molecule has 0 saturated carbocycles. The molecule has 3 aromatic carbocycles. The number of anilines is 1. The summed E-state index contributed by atoms with van der Waals surface area (Å²) in [5, 5.41) is 5.43. The van der Waals surface area contributed by atoms with Gasteiger partial charge in [0.25, 0.3) is 17.4 Å². The summed E-state index contributed by atoms with van der Waals surface area (Å²) in [4.78, 5) is 39.6. The van der Waals surface area contributed by atoms with Crippen LogP contribution in [0.15, 0.2) is 93.8 Å². The van der Waals surface area contributed by atoms with E-state index in [2.05, 4.69) is 26.6 Å². The fraction of sp³-hybridized carbons (Fsp3) is 0.107. The number of aromatic nitrogens is 2. The van der Waals surface area contributed by atoms with Gasteiger partial charge in [0.1, 0.15) is 11.4 Å². The van der Waals surface area contributed by atoms with Gasteiger partial charge in [0.15, 0.2) is 0 Å². The minimum absolute atomic E-state index is 0.0109. The van der Waals surface area contributed by atoms with Crippen molar-refractivity contribution in [2.45, 2.75) is 13.8 Å². The first-order valence-corrected chi connectivity index (χ1v) is 12.0. The second kappa shape index (κ2) is 10.6. The van der Waals surface area contributed by atoms with Crippen molar-refractivity contribution in [2.24, 2.45) is 7.05 Å². The molecule has 0 aliphatic rings. The zero-order valence-corrected chi connectivity index (χ0v) is 21.7. The van der Waals surface area contributed by atoms with Gasteiger partial charge in [0, 0.05) is 17.1 Å². The summed E-state index contributed by atoms with van der Waals surface area (Å²) in [7, 11) is 1.75. The maximum atomic E-state index is 13.4. The number of carbonyl (C=O) groups is 2. The Bertz CT molecular complexity index is 1500. The second-order valence-electron chi connectivity index (χ2n) is 8.32. The molecule has 4 aromatic rings. The zero-order chi connectivity index (χ0) is 25.8. The number of aryl methyl sites for hydroxylation is 1. The molecule has 0 aliphatic heterocycles. The second-order valence-corrected chi connectivity index (χ2v) is 9.24. The van der Waals surface area contributed by atoms with E-state index in [9.17, 15) is 14.4 Å². The quantitative estimate of drug-likeness (QED) is 0.336. The van der Waals surface area contributed by atoms with Crippen LogP contribution < -0.4 is 16.2 Å². The lowest BCUT2D eigenvalue weighted by molar-refractivity contribution is -0.113. The number of nitrogens with zero attached hydrogens (tertiary/aromatic N) is 2. The highest BCUT2D eigenvalue weighted by molar-refractivity contribution is 9.10.